The molecule has 0 saturated carbocycles. The largest absolute Gasteiger partial charge is 0.450 e. The number of aromatic nitrogens is 2. The maximum atomic E-state index is 10.8. The van der Waals surface area contributed by atoms with Crippen molar-refractivity contribution in [3.05, 3.63) is 65.0 Å². The Morgan fingerprint density at radius 1 is 0.929 bits per heavy atom. The molecule has 2 aromatic heterocycles. The minimum Gasteiger partial charge on any atom is -0.450 e. The van der Waals surface area contributed by atoms with Crippen LogP contribution in [-0.2, 0) is 0 Å². The third-order valence-electron chi connectivity index (χ3n) is 5.14. The maximum Gasteiger partial charge on any atom is 0.269 e. The van der Waals surface area contributed by atoms with E-state index in [1.54, 1.807) is 30.6 Å². The molecule has 0 atom stereocenters. The molecular weight excluding hydrogens is 358 g/mol. The van der Waals surface area contributed by atoms with Gasteiger partial charge in [0.2, 0.25) is 0 Å². The molecule has 0 radical (unpaired) electrons. The molecule has 0 unspecified atom stereocenters. The van der Waals surface area contributed by atoms with Crippen molar-refractivity contribution in [3.63, 3.8) is 0 Å². The summed E-state index contributed by atoms with van der Waals surface area (Å²) in [5.41, 5.74) is 3.45. The zero-order chi connectivity index (χ0) is 19.1. The summed E-state index contributed by atoms with van der Waals surface area (Å²) >= 11 is 0. The first-order chi connectivity index (χ1) is 13.7. The summed E-state index contributed by atoms with van der Waals surface area (Å²) in [6.07, 6.45) is 1.59. The zero-order valence-electron chi connectivity index (χ0n) is 15.0. The number of piperazine rings is 1. The number of nitro benzene ring substituents is 1. The molecular formula is C20H17N5O3. The highest BCUT2D eigenvalue weighted by atomic mass is 16.6. The Bertz CT molecular complexity index is 1160. The molecule has 140 valence electrons. The van der Waals surface area contributed by atoms with Gasteiger partial charge in [-0.25, -0.2) is 9.97 Å². The Morgan fingerprint density at radius 2 is 1.64 bits per heavy atom. The molecule has 5 rings (SSSR count). The number of furan rings is 1. The molecule has 4 aromatic rings. The summed E-state index contributed by atoms with van der Waals surface area (Å²) in [6.45, 7) is 3.15. The second-order valence-corrected chi connectivity index (χ2v) is 6.72. The van der Waals surface area contributed by atoms with Gasteiger partial charge < -0.3 is 14.2 Å². The molecule has 8 nitrogen and oxygen atoms in total. The number of nitro groups is 1. The van der Waals surface area contributed by atoms with Gasteiger partial charge in [-0.3, -0.25) is 10.1 Å². The minimum atomic E-state index is -0.380. The van der Waals surface area contributed by atoms with Crippen LogP contribution in [0.3, 0.4) is 0 Å². The number of hydrogen-bond acceptors (Lipinski definition) is 7. The van der Waals surface area contributed by atoms with Gasteiger partial charge in [0.1, 0.15) is 17.4 Å². The topological polar surface area (TPSA) is 88.5 Å². The molecule has 1 aliphatic heterocycles. The molecule has 0 bridgehead atoms. The molecule has 0 spiro atoms. The molecule has 0 aliphatic carbocycles. The van der Waals surface area contributed by atoms with Crippen LogP contribution in [0.5, 0.6) is 0 Å². The van der Waals surface area contributed by atoms with E-state index in [9.17, 15) is 10.1 Å². The summed E-state index contributed by atoms with van der Waals surface area (Å²) in [5.74, 6) is 0.810. The summed E-state index contributed by atoms with van der Waals surface area (Å²) < 4.78 is 6.04. The Kier molecular flexibility index (Phi) is 3.82. The number of nitrogens with zero attached hydrogens (tertiary/aromatic N) is 5. The molecule has 0 amide bonds. The van der Waals surface area contributed by atoms with Crippen LogP contribution in [0.1, 0.15) is 0 Å². The molecule has 1 aliphatic rings. The molecule has 1 saturated heterocycles. The monoisotopic (exact) mass is 375 g/mol. The van der Waals surface area contributed by atoms with Gasteiger partial charge in [-0.1, -0.05) is 12.1 Å². The van der Waals surface area contributed by atoms with E-state index in [0.717, 1.165) is 54.2 Å². The molecule has 3 heterocycles. The average Bonchev–Trinajstić information content (AvgIpc) is 3.13. The Hall–Kier alpha value is -3.68. The van der Waals surface area contributed by atoms with Crippen LogP contribution in [0.2, 0.25) is 0 Å². The maximum absolute atomic E-state index is 10.8. The van der Waals surface area contributed by atoms with Gasteiger partial charge in [-0.05, 0) is 24.3 Å². The number of fused-ring (bicyclic) bond motifs is 3. The predicted octanol–water partition coefficient (Wildman–Crippen LogP) is 3.61. The number of para-hydroxylation sites is 1. The van der Waals surface area contributed by atoms with Crippen molar-refractivity contribution in [1.29, 1.82) is 0 Å². The van der Waals surface area contributed by atoms with Crippen molar-refractivity contribution in [2.45, 2.75) is 0 Å². The number of non-ortho nitro benzene ring substituents is 1. The van der Waals surface area contributed by atoms with Crippen molar-refractivity contribution in [2.24, 2.45) is 0 Å². The molecule has 28 heavy (non-hydrogen) atoms. The molecule has 1 fully saturated rings. The van der Waals surface area contributed by atoms with Crippen LogP contribution in [-0.4, -0.2) is 41.1 Å². The summed E-state index contributed by atoms with van der Waals surface area (Å²) in [7, 11) is 0. The van der Waals surface area contributed by atoms with Gasteiger partial charge in [-0.15, -0.1) is 0 Å². The highest BCUT2D eigenvalue weighted by Gasteiger charge is 2.23. The first-order valence-electron chi connectivity index (χ1n) is 9.07. The van der Waals surface area contributed by atoms with Crippen LogP contribution in [0.15, 0.2) is 59.3 Å². The van der Waals surface area contributed by atoms with Crippen LogP contribution in [0, 0.1) is 10.1 Å². The predicted molar refractivity (Wildman–Crippen MR) is 107 cm³/mol. The summed E-state index contributed by atoms with van der Waals surface area (Å²) in [4.78, 5) is 23.8. The fourth-order valence-corrected chi connectivity index (χ4v) is 3.70. The van der Waals surface area contributed by atoms with E-state index < -0.39 is 0 Å². The first-order valence-corrected chi connectivity index (χ1v) is 9.07. The van der Waals surface area contributed by atoms with Crippen molar-refractivity contribution in [2.75, 3.05) is 36.0 Å². The van der Waals surface area contributed by atoms with Crippen molar-refractivity contribution < 1.29 is 9.34 Å². The number of benzene rings is 2. The lowest BCUT2D eigenvalue weighted by atomic mass is 10.2. The van der Waals surface area contributed by atoms with E-state index in [-0.39, 0.29) is 10.6 Å². The third-order valence-corrected chi connectivity index (χ3v) is 5.14. The smallest absolute Gasteiger partial charge is 0.269 e. The fraction of sp³-hybridized carbons (Fsp3) is 0.200. The Morgan fingerprint density at radius 3 is 2.39 bits per heavy atom. The fourth-order valence-electron chi connectivity index (χ4n) is 3.70. The number of anilines is 2. The Balaban J connectivity index is 1.39. The van der Waals surface area contributed by atoms with E-state index in [2.05, 4.69) is 19.8 Å². The zero-order valence-corrected chi connectivity index (χ0v) is 15.0. The van der Waals surface area contributed by atoms with E-state index in [0.29, 0.717) is 5.58 Å². The normalized spacial score (nSPS) is 14.7. The first kappa shape index (κ1) is 16.5. The number of rotatable bonds is 3. The second kappa shape index (κ2) is 6.49. The lowest BCUT2D eigenvalue weighted by Crippen LogP contribution is -2.46. The van der Waals surface area contributed by atoms with Gasteiger partial charge in [0.25, 0.3) is 5.69 Å². The van der Waals surface area contributed by atoms with E-state index in [4.69, 9.17) is 4.42 Å². The van der Waals surface area contributed by atoms with Gasteiger partial charge in [0, 0.05) is 49.4 Å². The van der Waals surface area contributed by atoms with Gasteiger partial charge in [0.15, 0.2) is 11.4 Å². The van der Waals surface area contributed by atoms with Gasteiger partial charge in [0.05, 0.1) is 4.92 Å². The highest BCUT2D eigenvalue weighted by Crippen LogP contribution is 2.32. The van der Waals surface area contributed by atoms with Crippen LogP contribution < -0.4 is 9.80 Å². The molecule has 2 aromatic carbocycles. The van der Waals surface area contributed by atoms with Crippen molar-refractivity contribution in [3.8, 4) is 0 Å². The standard InChI is InChI=1S/C20H17N5O3/c26-25(27)15-7-5-14(6-8-15)23-9-11-24(12-10-23)20-19-18(21-13-22-20)16-3-1-2-4-17(16)28-19/h1-8,13H,9-12H2. The van der Waals surface area contributed by atoms with Crippen LogP contribution in [0.4, 0.5) is 17.2 Å². The van der Waals surface area contributed by atoms with E-state index in [1.165, 1.54) is 0 Å². The van der Waals surface area contributed by atoms with Crippen LogP contribution in [0.25, 0.3) is 22.1 Å². The van der Waals surface area contributed by atoms with E-state index >= 15 is 0 Å². The van der Waals surface area contributed by atoms with Gasteiger partial charge >= 0.3 is 0 Å². The highest BCUT2D eigenvalue weighted by molar-refractivity contribution is 6.05. The van der Waals surface area contributed by atoms with Crippen molar-refractivity contribution in [1.82, 2.24) is 9.97 Å². The SMILES string of the molecule is O=[N+]([O-])c1ccc(N2CCN(c3ncnc4c3oc3ccccc34)CC2)cc1. The number of hydrogen-bond donors (Lipinski definition) is 0. The quantitative estimate of drug-likeness (QED) is 0.399. The third kappa shape index (κ3) is 2.70. The average molecular weight is 375 g/mol. The molecule has 0 N–H and O–H groups in total. The minimum absolute atomic E-state index is 0.107. The lowest BCUT2D eigenvalue weighted by Gasteiger charge is -2.36. The van der Waals surface area contributed by atoms with Gasteiger partial charge in [-0.2, -0.15) is 0 Å². The van der Waals surface area contributed by atoms with Crippen LogP contribution >= 0.6 is 0 Å². The summed E-state index contributed by atoms with van der Waals surface area (Å²) in [5, 5.41) is 11.8. The molecule has 8 heteroatoms. The second-order valence-electron chi connectivity index (χ2n) is 6.72. The summed E-state index contributed by atoms with van der Waals surface area (Å²) in [6, 6.07) is 14.6. The van der Waals surface area contributed by atoms with E-state index in [1.807, 2.05) is 24.3 Å². The van der Waals surface area contributed by atoms with Crippen molar-refractivity contribution >= 4 is 39.3 Å². The lowest BCUT2D eigenvalue weighted by molar-refractivity contribution is -0.384. The Labute approximate surface area is 160 Å².